The number of allylic oxidation sites excluding steroid dienone is 2. The molecule has 0 aromatic rings. The van der Waals surface area contributed by atoms with Crippen LogP contribution in [-0.2, 0) is 9.59 Å². The van der Waals surface area contributed by atoms with Crippen LogP contribution in [0.2, 0.25) is 0 Å². The van der Waals surface area contributed by atoms with Gasteiger partial charge >= 0.3 is 11.9 Å². The average molecular weight is 423 g/mol. The number of carboxylic acids is 2. The molecule has 2 N–H and O–H groups in total. The van der Waals surface area contributed by atoms with Crippen molar-refractivity contribution in [2.45, 2.75) is 118 Å². The fraction of sp³-hybridized carbons (Fsp3) is 0.846. The Morgan fingerprint density at radius 3 is 1.57 bits per heavy atom. The Balaban J connectivity index is 2.50. The summed E-state index contributed by atoms with van der Waals surface area (Å²) in [4.78, 5) is 24.8. The molecule has 2 unspecified atom stereocenters. The van der Waals surface area contributed by atoms with Crippen molar-refractivity contribution in [1.29, 1.82) is 0 Å². The normalized spacial score (nSPS) is 23.9. The summed E-state index contributed by atoms with van der Waals surface area (Å²) in [5.41, 5.74) is -2.38. The molecule has 4 nitrogen and oxygen atoms in total. The van der Waals surface area contributed by atoms with E-state index in [0.717, 1.165) is 25.2 Å². The molecule has 0 bridgehead atoms. The van der Waals surface area contributed by atoms with Crippen molar-refractivity contribution in [3.63, 3.8) is 0 Å². The van der Waals surface area contributed by atoms with E-state index in [2.05, 4.69) is 13.8 Å². The fourth-order valence-electron chi connectivity index (χ4n) is 5.27. The predicted octanol–water partition coefficient (Wildman–Crippen LogP) is 7.47. The average Bonchev–Trinajstić information content (AvgIpc) is 2.66. The molecule has 1 aliphatic carbocycles. The molecule has 0 heterocycles. The Morgan fingerprint density at radius 2 is 1.13 bits per heavy atom. The lowest BCUT2D eigenvalue weighted by molar-refractivity contribution is -0.178. The van der Waals surface area contributed by atoms with E-state index in [1.165, 1.54) is 44.9 Å². The van der Waals surface area contributed by atoms with Crippen molar-refractivity contribution >= 4 is 11.9 Å². The van der Waals surface area contributed by atoms with Crippen LogP contribution >= 0.6 is 0 Å². The van der Waals surface area contributed by atoms with Crippen molar-refractivity contribution in [3.8, 4) is 0 Å². The molecule has 1 rings (SSSR count). The molecule has 4 heteroatoms. The van der Waals surface area contributed by atoms with Gasteiger partial charge < -0.3 is 10.2 Å². The highest BCUT2D eigenvalue weighted by molar-refractivity contribution is 5.87. The van der Waals surface area contributed by atoms with E-state index < -0.39 is 22.8 Å². The van der Waals surface area contributed by atoms with Crippen LogP contribution in [0.1, 0.15) is 118 Å². The topological polar surface area (TPSA) is 74.6 Å². The van der Waals surface area contributed by atoms with Crippen LogP contribution in [-0.4, -0.2) is 22.2 Å². The number of aliphatic carboxylic acids is 2. The minimum absolute atomic E-state index is 0.145. The van der Waals surface area contributed by atoms with Gasteiger partial charge in [-0.25, -0.2) is 0 Å². The predicted molar refractivity (Wildman–Crippen MR) is 124 cm³/mol. The summed E-state index contributed by atoms with van der Waals surface area (Å²) in [7, 11) is 0. The molecule has 0 spiro atoms. The van der Waals surface area contributed by atoms with Gasteiger partial charge in [0.15, 0.2) is 0 Å². The second kappa shape index (κ2) is 13.2. The van der Waals surface area contributed by atoms with Crippen LogP contribution in [0.4, 0.5) is 0 Å². The first-order valence-electron chi connectivity index (χ1n) is 12.3. The molecular weight excluding hydrogens is 376 g/mol. The third-order valence-electron chi connectivity index (χ3n) is 6.98. The second-order valence-corrected chi connectivity index (χ2v) is 10.4. The first-order chi connectivity index (χ1) is 14.2. The molecule has 0 radical (unpaired) electrons. The molecule has 0 aromatic carbocycles. The molecule has 0 fully saturated rings. The van der Waals surface area contributed by atoms with Gasteiger partial charge in [0.1, 0.15) is 0 Å². The van der Waals surface area contributed by atoms with Crippen molar-refractivity contribution < 1.29 is 19.8 Å². The minimum atomic E-state index is -1.20. The summed E-state index contributed by atoms with van der Waals surface area (Å²) in [6.45, 7) is 8.53. The van der Waals surface area contributed by atoms with Crippen LogP contribution in [0, 0.1) is 22.7 Å². The fourth-order valence-corrected chi connectivity index (χ4v) is 5.27. The van der Waals surface area contributed by atoms with Gasteiger partial charge in [0.05, 0.1) is 10.8 Å². The number of rotatable bonds is 16. The lowest BCUT2D eigenvalue weighted by Crippen LogP contribution is -2.54. The molecule has 0 aliphatic heterocycles. The molecule has 174 valence electrons. The number of hydrogen-bond acceptors (Lipinski definition) is 2. The summed E-state index contributed by atoms with van der Waals surface area (Å²) in [5, 5.41) is 20.3. The highest BCUT2D eigenvalue weighted by atomic mass is 16.4. The Labute approximate surface area is 184 Å². The van der Waals surface area contributed by atoms with Gasteiger partial charge in [-0.05, 0) is 37.5 Å². The van der Waals surface area contributed by atoms with Crippen molar-refractivity contribution in [2.24, 2.45) is 22.7 Å². The molecule has 0 aromatic heterocycles. The second-order valence-electron chi connectivity index (χ2n) is 10.4. The maximum atomic E-state index is 12.4. The van der Waals surface area contributed by atoms with E-state index in [9.17, 15) is 19.8 Å². The summed E-state index contributed by atoms with van der Waals surface area (Å²) in [6, 6.07) is 0. The highest BCUT2D eigenvalue weighted by Crippen LogP contribution is 2.55. The van der Waals surface area contributed by atoms with E-state index in [1.807, 2.05) is 26.0 Å². The maximum absolute atomic E-state index is 12.4. The van der Waals surface area contributed by atoms with Gasteiger partial charge in [0, 0.05) is 0 Å². The SMILES string of the molecule is CC(C)CCCCCCCCCCCC1(C(=O)O)CC=CCC1(CC(C)C)C(=O)O. The number of unbranched alkanes of at least 4 members (excludes halogenated alkanes) is 8. The van der Waals surface area contributed by atoms with Gasteiger partial charge in [-0.3, -0.25) is 9.59 Å². The Morgan fingerprint density at radius 1 is 0.700 bits per heavy atom. The minimum Gasteiger partial charge on any atom is -0.481 e. The number of hydrogen-bond donors (Lipinski definition) is 2. The van der Waals surface area contributed by atoms with Crippen LogP contribution in [0.3, 0.4) is 0 Å². The van der Waals surface area contributed by atoms with Crippen LogP contribution in [0.15, 0.2) is 12.2 Å². The zero-order valence-corrected chi connectivity index (χ0v) is 19.9. The van der Waals surface area contributed by atoms with Gasteiger partial charge in [-0.2, -0.15) is 0 Å². The Bertz CT molecular complexity index is 551. The zero-order chi connectivity index (χ0) is 22.6. The lowest BCUT2D eigenvalue weighted by atomic mass is 9.53. The first kappa shape index (κ1) is 26.7. The molecule has 0 saturated heterocycles. The quantitative estimate of drug-likeness (QED) is 0.200. The summed E-state index contributed by atoms with van der Waals surface area (Å²) < 4.78 is 0. The van der Waals surface area contributed by atoms with E-state index in [0.29, 0.717) is 25.7 Å². The monoisotopic (exact) mass is 422 g/mol. The van der Waals surface area contributed by atoms with Gasteiger partial charge in [-0.15, -0.1) is 0 Å². The molecule has 0 amide bonds. The van der Waals surface area contributed by atoms with E-state index in [-0.39, 0.29) is 5.92 Å². The van der Waals surface area contributed by atoms with Gasteiger partial charge in [-0.1, -0.05) is 104 Å². The van der Waals surface area contributed by atoms with E-state index >= 15 is 0 Å². The molecule has 1 aliphatic rings. The van der Waals surface area contributed by atoms with E-state index in [4.69, 9.17) is 0 Å². The first-order valence-corrected chi connectivity index (χ1v) is 12.3. The van der Waals surface area contributed by atoms with Crippen LogP contribution < -0.4 is 0 Å². The molecule has 0 saturated carbocycles. The molecule has 2 atom stereocenters. The van der Waals surface area contributed by atoms with Crippen molar-refractivity contribution in [3.05, 3.63) is 12.2 Å². The largest absolute Gasteiger partial charge is 0.481 e. The zero-order valence-electron chi connectivity index (χ0n) is 19.9. The van der Waals surface area contributed by atoms with Crippen LogP contribution in [0.5, 0.6) is 0 Å². The van der Waals surface area contributed by atoms with Gasteiger partial charge in [0.25, 0.3) is 0 Å². The molecular formula is C26H46O4. The van der Waals surface area contributed by atoms with Crippen molar-refractivity contribution in [1.82, 2.24) is 0 Å². The third-order valence-corrected chi connectivity index (χ3v) is 6.98. The Hall–Kier alpha value is -1.32. The molecule has 30 heavy (non-hydrogen) atoms. The third kappa shape index (κ3) is 7.42. The van der Waals surface area contributed by atoms with Crippen LogP contribution in [0.25, 0.3) is 0 Å². The number of carboxylic acid groups (broad SMARTS) is 2. The number of carbonyl (C=O) groups is 2. The van der Waals surface area contributed by atoms with Crippen molar-refractivity contribution in [2.75, 3.05) is 0 Å². The highest BCUT2D eigenvalue weighted by Gasteiger charge is 2.60. The maximum Gasteiger partial charge on any atom is 0.311 e. The van der Waals surface area contributed by atoms with E-state index in [1.54, 1.807) is 0 Å². The summed E-state index contributed by atoms with van der Waals surface area (Å²) >= 11 is 0. The summed E-state index contributed by atoms with van der Waals surface area (Å²) in [6.07, 6.45) is 17.2. The van der Waals surface area contributed by atoms with Gasteiger partial charge in [0.2, 0.25) is 0 Å². The summed E-state index contributed by atoms with van der Waals surface area (Å²) in [5.74, 6) is -0.928. The Kier molecular flexibility index (Phi) is 11.7. The lowest BCUT2D eigenvalue weighted by Gasteiger charge is -2.47. The smallest absolute Gasteiger partial charge is 0.311 e. The standard InChI is InChI=1S/C26H46O4/c1-21(2)16-12-10-8-6-5-7-9-11-13-17-25(23(27)28)18-14-15-19-26(25,24(29)30)20-22(3)4/h14-15,21-22H,5-13,16-20H2,1-4H3,(H,27,28)(H,29,30).